The molecule has 0 aliphatic rings. The minimum Gasteiger partial charge on any atom is -0.324 e. The van der Waals surface area contributed by atoms with Gasteiger partial charge in [0.25, 0.3) is 9.70 Å². The number of rotatable bonds is 1. The number of hydrogen-bond acceptors (Lipinski definition) is 2. The lowest BCUT2D eigenvalue weighted by Gasteiger charge is -2.31. The summed E-state index contributed by atoms with van der Waals surface area (Å²) >= 11 is 16.1. The van der Waals surface area contributed by atoms with Crippen molar-refractivity contribution in [1.29, 1.82) is 5.26 Å². The lowest BCUT2D eigenvalue weighted by Crippen LogP contribution is -2.48. The fourth-order valence-corrected chi connectivity index (χ4v) is 0.899. The predicted octanol–water partition coefficient (Wildman–Crippen LogP) is 2.12. The topological polar surface area (TPSA) is 44.1 Å². The van der Waals surface area contributed by atoms with E-state index < -0.39 is 15.2 Å². The Bertz CT molecular complexity index is 251. The van der Waals surface area contributed by atoms with Crippen LogP contribution in [0.25, 0.3) is 0 Å². The third-order valence-corrected chi connectivity index (χ3v) is 2.14. The second kappa shape index (κ2) is 3.91. The largest absolute Gasteiger partial charge is 0.324 e. The second-order valence-corrected chi connectivity index (χ2v) is 5.31. The van der Waals surface area contributed by atoms with Crippen LogP contribution in [0.15, 0.2) is 0 Å². The van der Waals surface area contributed by atoms with Crippen LogP contribution in [0.4, 0.5) is 0 Å². The molecule has 0 bridgehead atoms. The minimum atomic E-state index is -2.01. The van der Waals surface area contributed by atoms with Gasteiger partial charge >= 0.3 is 0 Å². The molecule has 1 amide bonds. The monoisotopic (exact) mass is 242 g/mol. The first-order chi connectivity index (χ1) is 5.63. The van der Waals surface area contributed by atoms with Crippen LogP contribution < -0.4 is 0 Å². The Kier molecular flexibility index (Phi) is 3.86. The number of hydrogen-bond donors (Lipinski definition) is 0. The minimum absolute atomic E-state index is 0.718. The van der Waals surface area contributed by atoms with Gasteiger partial charge in [0.2, 0.25) is 0 Å². The lowest BCUT2D eigenvalue weighted by atomic mass is 10.1. The average Bonchev–Trinajstić information content (AvgIpc) is 2.00. The molecule has 0 spiro atoms. The van der Waals surface area contributed by atoms with Crippen LogP contribution in [0, 0.1) is 11.3 Å². The van der Waals surface area contributed by atoms with Crippen molar-refractivity contribution in [2.24, 2.45) is 0 Å². The molecule has 0 saturated carbocycles. The van der Waals surface area contributed by atoms with Gasteiger partial charge in [-0.1, -0.05) is 34.8 Å². The summed E-state index contributed by atoms with van der Waals surface area (Å²) < 4.78 is -2.01. The Hall–Kier alpha value is -0.170. The van der Waals surface area contributed by atoms with Crippen molar-refractivity contribution in [2.45, 2.75) is 23.2 Å². The highest BCUT2D eigenvalue weighted by Gasteiger charge is 2.39. The number of alkyl halides is 3. The second-order valence-electron chi connectivity index (χ2n) is 3.03. The quantitative estimate of drug-likeness (QED) is 0.662. The highest BCUT2D eigenvalue weighted by atomic mass is 35.6. The normalized spacial score (nSPS) is 12.1. The molecular formula is C7H9Cl3N2O. The van der Waals surface area contributed by atoms with E-state index >= 15 is 0 Å². The molecule has 0 rings (SSSR count). The van der Waals surface area contributed by atoms with Gasteiger partial charge in [0.15, 0.2) is 0 Å². The summed E-state index contributed by atoms with van der Waals surface area (Å²) in [5.74, 6) is -0.718. The molecule has 74 valence electrons. The summed E-state index contributed by atoms with van der Waals surface area (Å²) in [6.45, 7) is 3.11. The van der Waals surface area contributed by atoms with E-state index in [4.69, 9.17) is 40.1 Å². The molecule has 0 N–H and O–H groups in total. The standard InChI is InChI=1S/C7H9Cl3N2O/c1-6(2,4-11)12(3)5(13)7(8,9)10/h1-3H3. The van der Waals surface area contributed by atoms with Crippen molar-refractivity contribution in [2.75, 3.05) is 7.05 Å². The lowest BCUT2D eigenvalue weighted by molar-refractivity contribution is -0.132. The van der Waals surface area contributed by atoms with E-state index in [0.29, 0.717) is 0 Å². The first kappa shape index (κ1) is 12.8. The maximum absolute atomic E-state index is 11.3. The highest BCUT2D eigenvalue weighted by Crippen LogP contribution is 2.30. The molecule has 0 fully saturated rings. The summed E-state index contributed by atoms with van der Waals surface area (Å²) in [7, 11) is 1.41. The molecular weight excluding hydrogens is 234 g/mol. The first-order valence-electron chi connectivity index (χ1n) is 3.39. The SMILES string of the molecule is CN(C(=O)C(Cl)(Cl)Cl)C(C)(C)C#N. The summed E-state index contributed by atoms with van der Waals surface area (Å²) in [6.07, 6.45) is 0. The molecule has 0 aromatic carbocycles. The first-order valence-corrected chi connectivity index (χ1v) is 4.52. The number of nitrogens with zero attached hydrogens (tertiary/aromatic N) is 2. The van der Waals surface area contributed by atoms with Crippen LogP contribution in [0.5, 0.6) is 0 Å². The number of amides is 1. The zero-order valence-corrected chi connectivity index (χ0v) is 9.70. The van der Waals surface area contributed by atoms with Crippen LogP contribution in [0.1, 0.15) is 13.8 Å². The van der Waals surface area contributed by atoms with Crippen molar-refractivity contribution >= 4 is 40.7 Å². The van der Waals surface area contributed by atoms with Gasteiger partial charge < -0.3 is 4.90 Å². The van der Waals surface area contributed by atoms with Gasteiger partial charge in [-0.2, -0.15) is 5.26 Å². The third kappa shape index (κ3) is 3.22. The van der Waals surface area contributed by atoms with Crippen LogP contribution >= 0.6 is 34.8 Å². The van der Waals surface area contributed by atoms with E-state index in [1.807, 2.05) is 6.07 Å². The third-order valence-electron chi connectivity index (χ3n) is 1.66. The van der Waals surface area contributed by atoms with Crippen molar-refractivity contribution < 1.29 is 4.79 Å². The van der Waals surface area contributed by atoms with Crippen molar-refractivity contribution in [3.8, 4) is 6.07 Å². The molecule has 0 aromatic heterocycles. The Morgan fingerprint density at radius 3 is 2.00 bits per heavy atom. The smallest absolute Gasteiger partial charge is 0.275 e. The van der Waals surface area contributed by atoms with E-state index in [9.17, 15) is 4.79 Å². The van der Waals surface area contributed by atoms with Crippen molar-refractivity contribution in [1.82, 2.24) is 4.90 Å². The van der Waals surface area contributed by atoms with Crippen molar-refractivity contribution in [3.05, 3.63) is 0 Å². The van der Waals surface area contributed by atoms with Gasteiger partial charge in [0.1, 0.15) is 5.54 Å². The van der Waals surface area contributed by atoms with E-state index in [1.54, 1.807) is 13.8 Å². The van der Waals surface area contributed by atoms with Crippen LogP contribution in [0.3, 0.4) is 0 Å². The fourth-order valence-electron chi connectivity index (χ4n) is 0.519. The molecule has 3 nitrogen and oxygen atoms in total. The molecule has 0 aliphatic heterocycles. The molecule has 0 heterocycles. The zero-order valence-electron chi connectivity index (χ0n) is 7.44. The van der Waals surface area contributed by atoms with Gasteiger partial charge in [0, 0.05) is 7.05 Å². The summed E-state index contributed by atoms with van der Waals surface area (Å²) in [6, 6.07) is 1.92. The van der Waals surface area contributed by atoms with Gasteiger partial charge in [-0.05, 0) is 13.8 Å². The molecule has 0 aliphatic carbocycles. The van der Waals surface area contributed by atoms with Crippen LogP contribution in [0.2, 0.25) is 0 Å². The summed E-state index contributed by atoms with van der Waals surface area (Å²) in [4.78, 5) is 12.4. The highest BCUT2D eigenvalue weighted by molar-refractivity contribution is 6.76. The average molecular weight is 244 g/mol. The molecule has 0 saturated heterocycles. The summed E-state index contributed by atoms with van der Waals surface area (Å²) in [5.41, 5.74) is -0.985. The van der Waals surface area contributed by atoms with Gasteiger partial charge in [-0.25, -0.2) is 0 Å². The van der Waals surface area contributed by atoms with E-state index in [2.05, 4.69) is 0 Å². The van der Waals surface area contributed by atoms with E-state index in [-0.39, 0.29) is 0 Å². The number of carbonyl (C=O) groups is 1. The molecule has 0 unspecified atom stereocenters. The molecule has 6 heteroatoms. The van der Waals surface area contributed by atoms with Gasteiger partial charge in [-0.3, -0.25) is 4.79 Å². The molecule has 13 heavy (non-hydrogen) atoms. The summed E-state index contributed by atoms with van der Waals surface area (Å²) in [5, 5.41) is 8.71. The van der Waals surface area contributed by atoms with Gasteiger partial charge in [-0.15, -0.1) is 0 Å². The van der Waals surface area contributed by atoms with Gasteiger partial charge in [0.05, 0.1) is 6.07 Å². The van der Waals surface area contributed by atoms with Crippen LogP contribution in [-0.2, 0) is 4.79 Å². The van der Waals surface area contributed by atoms with Crippen molar-refractivity contribution in [3.63, 3.8) is 0 Å². The number of nitriles is 1. The maximum atomic E-state index is 11.3. The Balaban J connectivity index is 4.75. The Labute approximate surface area is 92.2 Å². The maximum Gasteiger partial charge on any atom is 0.275 e. The zero-order chi connectivity index (χ0) is 10.9. The van der Waals surface area contributed by atoms with E-state index in [0.717, 1.165) is 4.90 Å². The molecule has 0 atom stereocenters. The van der Waals surface area contributed by atoms with Crippen LogP contribution in [-0.4, -0.2) is 27.2 Å². The predicted molar refractivity (Wildman–Crippen MR) is 52.8 cm³/mol. The molecule has 0 radical (unpaired) electrons. The Morgan fingerprint density at radius 2 is 1.77 bits per heavy atom. The molecule has 0 aromatic rings. The van der Waals surface area contributed by atoms with E-state index in [1.165, 1.54) is 7.05 Å². The number of halogens is 3. The number of carbonyl (C=O) groups excluding carboxylic acids is 1. The fraction of sp³-hybridized carbons (Fsp3) is 0.714. The Morgan fingerprint density at radius 1 is 1.38 bits per heavy atom.